The van der Waals surface area contributed by atoms with Crippen molar-refractivity contribution >= 4 is 63.2 Å². The summed E-state index contributed by atoms with van der Waals surface area (Å²) in [5, 5.41) is 6.87. The van der Waals surface area contributed by atoms with Gasteiger partial charge in [-0.1, -0.05) is 30.1 Å². The van der Waals surface area contributed by atoms with E-state index in [9.17, 15) is 4.79 Å². The molecule has 1 amide bonds. The number of aromatic nitrogens is 1. The predicted octanol–water partition coefficient (Wildman–Crippen LogP) is 5.41. The van der Waals surface area contributed by atoms with Crippen molar-refractivity contribution in [1.29, 1.82) is 0 Å². The van der Waals surface area contributed by atoms with Gasteiger partial charge in [-0.25, -0.2) is 4.98 Å². The van der Waals surface area contributed by atoms with Gasteiger partial charge in [0.05, 0.1) is 10.6 Å². The maximum atomic E-state index is 11.6. The lowest BCUT2D eigenvalue weighted by Gasteiger charge is -2.08. The van der Waals surface area contributed by atoms with Gasteiger partial charge in [-0.3, -0.25) is 4.79 Å². The molecule has 0 aliphatic rings. The molecule has 0 spiro atoms. The Morgan fingerprint density at radius 3 is 2.81 bits per heavy atom. The first-order valence-electron chi connectivity index (χ1n) is 7.93. The first-order chi connectivity index (χ1) is 12.5. The lowest BCUT2D eigenvalue weighted by atomic mass is 10.2. The number of hydrogen-bond acceptors (Lipinski definition) is 4. The second-order valence-electron chi connectivity index (χ2n) is 5.58. The molecular weight excluding hydrogens is 393 g/mol. The van der Waals surface area contributed by atoms with Gasteiger partial charge in [0.15, 0.2) is 10.7 Å². The van der Waals surface area contributed by atoms with E-state index in [4.69, 9.17) is 39.8 Å². The fourth-order valence-corrected chi connectivity index (χ4v) is 2.96. The smallest absolute Gasteiger partial charge is 0.228 e. The Balaban J connectivity index is 1.82. The molecule has 0 aliphatic carbocycles. The van der Waals surface area contributed by atoms with E-state index < -0.39 is 0 Å². The van der Waals surface area contributed by atoms with Gasteiger partial charge in [-0.15, -0.1) is 0 Å². The van der Waals surface area contributed by atoms with Crippen molar-refractivity contribution < 1.29 is 9.21 Å². The summed E-state index contributed by atoms with van der Waals surface area (Å²) in [5.41, 5.74) is 2.54. The first kappa shape index (κ1) is 18.6. The number of anilines is 1. The Bertz CT molecular complexity index is 988. The summed E-state index contributed by atoms with van der Waals surface area (Å²) in [5.74, 6) is 0.258. The fourth-order valence-electron chi connectivity index (χ4n) is 2.36. The van der Waals surface area contributed by atoms with Crippen LogP contribution in [0.3, 0.4) is 0 Å². The highest BCUT2D eigenvalue weighted by Gasteiger charge is 2.13. The summed E-state index contributed by atoms with van der Waals surface area (Å²) in [6, 6.07) is 10.4. The number of oxazole rings is 1. The molecule has 0 bridgehead atoms. The minimum atomic E-state index is -0.120. The highest BCUT2D eigenvalue weighted by molar-refractivity contribution is 7.80. The number of amides is 1. The molecule has 3 rings (SSSR count). The quantitative estimate of drug-likeness (QED) is 0.565. The van der Waals surface area contributed by atoms with Crippen molar-refractivity contribution in [2.75, 3.05) is 5.32 Å². The topological polar surface area (TPSA) is 67.2 Å². The molecule has 134 valence electrons. The number of fused-ring (bicyclic) bond motifs is 1. The molecule has 2 N–H and O–H groups in total. The van der Waals surface area contributed by atoms with E-state index in [2.05, 4.69) is 15.6 Å². The van der Waals surface area contributed by atoms with Crippen LogP contribution >= 0.6 is 35.4 Å². The highest BCUT2D eigenvalue weighted by Crippen LogP contribution is 2.32. The predicted molar refractivity (Wildman–Crippen MR) is 109 cm³/mol. The van der Waals surface area contributed by atoms with Gasteiger partial charge in [-0.2, -0.15) is 0 Å². The largest absolute Gasteiger partial charge is 0.436 e. The number of halogens is 2. The minimum absolute atomic E-state index is 0.120. The van der Waals surface area contributed by atoms with Gasteiger partial charge >= 0.3 is 0 Å². The van der Waals surface area contributed by atoms with E-state index in [1.54, 1.807) is 36.4 Å². The molecule has 0 unspecified atom stereocenters. The number of thiocarbonyl (C=S) groups is 1. The fraction of sp³-hybridized carbons (Fsp3) is 0.167. The van der Waals surface area contributed by atoms with Crippen LogP contribution in [0.5, 0.6) is 0 Å². The van der Waals surface area contributed by atoms with Crippen molar-refractivity contribution in [3.8, 4) is 11.5 Å². The van der Waals surface area contributed by atoms with Gasteiger partial charge in [0.1, 0.15) is 5.52 Å². The molecule has 1 aromatic heterocycles. The number of carbonyl (C=O) groups excluding carboxylic acids is 1. The van der Waals surface area contributed by atoms with Gasteiger partial charge in [-0.05, 0) is 55.0 Å². The Kier molecular flexibility index (Phi) is 5.76. The monoisotopic (exact) mass is 407 g/mol. The Labute approximate surface area is 165 Å². The van der Waals surface area contributed by atoms with E-state index in [1.165, 1.54) is 0 Å². The molecule has 0 fully saturated rings. The number of nitrogens with zero attached hydrogens (tertiary/aromatic N) is 1. The third-order valence-corrected chi connectivity index (χ3v) is 4.30. The van der Waals surface area contributed by atoms with E-state index >= 15 is 0 Å². The molecule has 2 aromatic carbocycles. The van der Waals surface area contributed by atoms with Gasteiger partial charge in [0, 0.05) is 17.1 Å². The number of hydrogen-bond donors (Lipinski definition) is 2. The zero-order chi connectivity index (χ0) is 18.7. The number of carbonyl (C=O) groups is 1. The molecule has 0 aliphatic heterocycles. The van der Waals surface area contributed by atoms with Crippen LogP contribution in [0.15, 0.2) is 40.8 Å². The van der Waals surface area contributed by atoms with Crippen molar-refractivity contribution in [3.05, 3.63) is 46.4 Å². The van der Waals surface area contributed by atoms with Crippen molar-refractivity contribution in [2.24, 2.45) is 0 Å². The van der Waals surface area contributed by atoms with Crippen molar-refractivity contribution in [3.63, 3.8) is 0 Å². The molecular formula is C18H15Cl2N3O2S. The molecule has 8 heteroatoms. The number of rotatable bonds is 4. The molecule has 0 saturated carbocycles. The lowest BCUT2D eigenvalue weighted by Crippen LogP contribution is -2.33. The number of nitrogens with one attached hydrogen (secondary N) is 2. The minimum Gasteiger partial charge on any atom is -0.436 e. The van der Waals surface area contributed by atoms with Crippen LogP contribution in [0.25, 0.3) is 22.6 Å². The average Bonchev–Trinajstić information content (AvgIpc) is 3.00. The maximum absolute atomic E-state index is 11.6. The Morgan fingerprint density at radius 1 is 1.23 bits per heavy atom. The van der Waals surface area contributed by atoms with Crippen LogP contribution in [0.4, 0.5) is 5.69 Å². The Morgan fingerprint density at radius 2 is 2.04 bits per heavy atom. The van der Waals surface area contributed by atoms with Gasteiger partial charge in [0.25, 0.3) is 0 Å². The zero-order valence-corrected chi connectivity index (χ0v) is 16.1. The lowest BCUT2D eigenvalue weighted by molar-refractivity contribution is -0.119. The third kappa shape index (κ3) is 4.33. The van der Waals surface area contributed by atoms with Gasteiger partial charge in [0.2, 0.25) is 11.8 Å². The van der Waals surface area contributed by atoms with E-state index in [0.717, 1.165) is 6.42 Å². The van der Waals surface area contributed by atoms with E-state index in [-0.39, 0.29) is 11.0 Å². The normalized spacial score (nSPS) is 10.7. The first-order valence-corrected chi connectivity index (χ1v) is 9.09. The zero-order valence-electron chi connectivity index (χ0n) is 13.8. The van der Waals surface area contributed by atoms with E-state index in [0.29, 0.717) is 44.7 Å². The van der Waals surface area contributed by atoms with Crippen LogP contribution < -0.4 is 10.6 Å². The van der Waals surface area contributed by atoms with Crippen LogP contribution in [0.2, 0.25) is 10.0 Å². The Hall–Kier alpha value is -2.15. The summed E-state index contributed by atoms with van der Waals surface area (Å²) in [6.45, 7) is 1.93. The highest BCUT2D eigenvalue weighted by atomic mass is 35.5. The summed E-state index contributed by atoms with van der Waals surface area (Å²) in [6.07, 6.45) is 1.18. The maximum Gasteiger partial charge on any atom is 0.228 e. The molecule has 5 nitrogen and oxygen atoms in total. The van der Waals surface area contributed by atoms with Crippen LogP contribution in [-0.4, -0.2) is 16.0 Å². The van der Waals surface area contributed by atoms with Crippen LogP contribution in [-0.2, 0) is 4.79 Å². The van der Waals surface area contributed by atoms with E-state index in [1.807, 2.05) is 6.92 Å². The van der Waals surface area contributed by atoms with Crippen molar-refractivity contribution in [1.82, 2.24) is 10.3 Å². The number of benzene rings is 2. The van der Waals surface area contributed by atoms with Gasteiger partial charge < -0.3 is 15.1 Å². The summed E-state index contributed by atoms with van der Waals surface area (Å²) in [4.78, 5) is 16.0. The van der Waals surface area contributed by atoms with Crippen LogP contribution in [0.1, 0.15) is 19.8 Å². The molecule has 26 heavy (non-hydrogen) atoms. The second kappa shape index (κ2) is 8.03. The summed E-state index contributed by atoms with van der Waals surface area (Å²) in [7, 11) is 0. The molecule has 0 atom stereocenters. The second-order valence-corrected chi connectivity index (χ2v) is 6.83. The van der Waals surface area contributed by atoms with Crippen molar-refractivity contribution in [2.45, 2.75) is 19.8 Å². The summed E-state index contributed by atoms with van der Waals surface area (Å²) >= 11 is 17.4. The molecule has 3 aromatic rings. The molecule has 1 heterocycles. The third-order valence-electron chi connectivity index (χ3n) is 3.53. The summed E-state index contributed by atoms with van der Waals surface area (Å²) < 4.78 is 5.76. The molecule has 0 radical (unpaired) electrons. The SMILES string of the molecule is CCCC(=O)NC(=S)Nc1ccc2oc(-c3cc(Cl)ccc3Cl)nc2c1. The van der Waals surface area contributed by atoms with Crippen LogP contribution in [0, 0.1) is 0 Å². The standard InChI is InChI=1S/C18H15Cl2N3O2S/c1-2-3-16(24)23-18(26)21-11-5-7-15-14(9-11)22-17(25-15)12-8-10(19)4-6-13(12)20/h4-9H,2-3H2,1H3,(H2,21,23,24,26). The molecule has 0 saturated heterocycles. The average molecular weight is 408 g/mol.